The number of hydrogen-bond donors (Lipinski definition) is 2. The van der Waals surface area contributed by atoms with Crippen molar-refractivity contribution in [3.05, 3.63) is 54.1 Å². The second-order valence-corrected chi connectivity index (χ2v) is 4.18. The van der Waals surface area contributed by atoms with Gasteiger partial charge in [0.1, 0.15) is 11.3 Å². The van der Waals surface area contributed by atoms with Crippen LogP contribution in [0.3, 0.4) is 0 Å². The van der Waals surface area contributed by atoms with Crippen LogP contribution in [-0.2, 0) is 4.74 Å². The van der Waals surface area contributed by atoms with Crippen LogP contribution >= 0.6 is 0 Å². The Morgan fingerprint density at radius 2 is 1.77 bits per heavy atom. The molecule has 0 saturated carbocycles. The Balaban J connectivity index is 2.39. The highest BCUT2D eigenvalue weighted by molar-refractivity contribution is 5.94. The van der Waals surface area contributed by atoms with Crippen LogP contribution < -0.4 is 9.90 Å². The number of benzene rings is 2. The molecular formula is C15H13NO6. The average Bonchev–Trinajstić information content (AvgIpc) is 2.53. The molecule has 114 valence electrons. The smallest absolute Gasteiger partial charge is 0.447 e. The van der Waals surface area contributed by atoms with Gasteiger partial charge in [-0.25, -0.2) is 9.59 Å². The number of aromatic carboxylic acids is 1. The molecule has 7 nitrogen and oxygen atoms in total. The monoisotopic (exact) mass is 303 g/mol. The Morgan fingerprint density at radius 1 is 1.09 bits per heavy atom. The number of rotatable bonds is 4. The molecule has 0 aliphatic carbocycles. The van der Waals surface area contributed by atoms with Gasteiger partial charge in [-0.05, 0) is 30.3 Å². The maximum Gasteiger partial charge on any atom is 0.447 e. The van der Waals surface area contributed by atoms with E-state index in [2.05, 4.69) is 4.74 Å². The van der Waals surface area contributed by atoms with Crippen molar-refractivity contribution in [2.75, 3.05) is 12.2 Å². The van der Waals surface area contributed by atoms with E-state index < -0.39 is 17.8 Å². The molecule has 0 fully saturated rings. The van der Waals surface area contributed by atoms with Crippen molar-refractivity contribution in [2.24, 2.45) is 0 Å². The van der Waals surface area contributed by atoms with Crippen molar-refractivity contribution in [2.45, 2.75) is 0 Å². The molecular weight excluding hydrogens is 290 g/mol. The lowest BCUT2D eigenvalue weighted by Crippen LogP contribution is -2.34. The number of phenols is 1. The first-order valence-electron chi connectivity index (χ1n) is 6.20. The third kappa shape index (κ3) is 3.26. The number of carbonyl (C=O) groups excluding carboxylic acids is 1. The quantitative estimate of drug-likeness (QED) is 0.843. The number of carbonyl (C=O) groups is 2. The molecule has 0 bridgehead atoms. The molecule has 0 aliphatic heterocycles. The summed E-state index contributed by atoms with van der Waals surface area (Å²) in [5.41, 5.74) is -0.256. The number of methoxy groups -OCH3 is 1. The summed E-state index contributed by atoms with van der Waals surface area (Å²) in [6.45, 7) is 0. The predicted molar refractivity (Wildman–Crippen MR) is 77.0 cm³/mol. The van der Waals surface area contributed by atoms with Gasteiger partial charge in [-0.3, -0.25) is 0 Å². The number of para-hydroxylation sites is 1. The molecule has 0 unspecified atom stereocenters. The standard InChI is InChI=1S/C15H13NO6/c1-21-15(20)16(22-11-5-3-2-4-6-11)10-7-8-13(17)12(9-10)14(18)19/h2-9,17H,1H3,(H,18,19). The first-order chi connectivity index (χ1) is 10.5. The zero-order valence-electron chi connectivity index (χ0n) is 11.6. The highest BCUT2D eigenvalue weighted by atomic mass is 16.7. The molecule has 2 N–H and O–H groups in total. The fraction of sp³-hybridized carbons (Fsp3) is 0.0667. The molecule has 0 radical (unpaired) electrons. The number of carboxylic acid groups (broad SMARTS) is 1. The van der Waals surface area contributed by atoms with Gasteiger partial charge in [0.2, 0.25) is 0 Å². The molecule has 2 rings (SSSR count). The number of hydrogen-bond acceptors (Lipinski definition) is 5. The highest BCUT2D eigenvalue weighted by Crippen LogP contribution is 2.26. The Hall–Kier alpha value is -3.22. The Labute approximate surface area is 125 Å². The van der Waals surface area contributed by atoms with Gasteiger partial charge in [0.05, 0.1) is 12.8 Å². The van der Waals surface area contributed by atoms with Gasteiger partial charge >= 0.3 is 12.1 Å². The summed E-state index contributed by atoms with van der Waals surface area (Å²) in [5.74, 6) is -1.39. The van der Waals surface area contributed by atoms with Crippen molar-refractivity contribution in [1.82, 2.24) is 0 Å². The van der Waals surface area contributed by atoms with E-state index in [1.165, 1.54) is 13.2 Å². The minimum Gasteiger partial charge on any atom is -0.507 e. The fourth-order valence-electron chi connectivity index (χ4n) is 1.69. The van der Waals surface area contributed by atoms with Crippen LogP contribution in [0, 0.1) is 0 Å². The summed E-state index contributed by atoms with van der Waals surface area (Å²) < 4.78 is 4.62. The maximum absolute atomic E-state index is 11.9. The Bertz CT molecular complexity index is 686. The van der Waals surface area contributed by atoms with E-state index in [0.29, 0.717) is 5.75 Å². The SMILES string of the molecule is COC(=O)N(Oc1ccccc1)c1ccc(O)c(C(=O)O)c1. The molecule has 0 saturated heterocycles. The van der Waals surface area contributed by atoms with Gasteiger partial charge in [0, 0.05) is 0 Å². The normalized spacial score (nSPS) is 9.86. The van der Waals surface area contributed by atoms with Crippen LogP contribution in [0.1, 0.15) is 10.4 Å². The molecule has 0 aliphatic rings. The minimum atomic E-state index is -1.33. The second kappa shape index (κ2) is 6.49. The second-order valence-electron chi connectivity index (χ2n) is 4.18. The lowest BCUT2D eigenvalue weighted by Gasteiger charge is -2.21. The number of nitrogens with zero attached hydrogens (tertiary/aromatic N) is 1. The molecule has 2 aromatic carbocycles. The molecule has 0 spiro atoms. The summed E-state index contributed by atoms with van der Waals surface area (Å²) in [4.78, 5) is 28.3. The molecule has 7 heteroatoms. The van der Waals surface area contributed by atoms with E-state index >= 15 is 0 Å². The molecule has 22 heavy (non-hydrogen) atoms. The summed E-state index contributed by atoms with van der Waals surface area (Å²) in [7, 11) is 1.17. The largest absolute Gasteiger partial charge is 0.507 e. The van der Waals surface area contributed by atoms with Gasteiger partial charge in [-0.1, -0.05) is 18.2 Å². The van der Waals surface area contributed by atoms with Crippen molar-refractivity contribution in [1.29, 1.82) is 0 Å². The number of aromatic hydroxyl groups is 1. The molecule has 0 atom stereocenters. The van der Waals surface area contributed by atoms with Crippen LogP contribution in [0.25, 0.3) is 0 Å². The third-order valence-corrected chi connectivity index (χ3v) is 2.73. The highest BCUT2D eigenvalue weighted by Gasteiger charge is 2.21. The first-order valence-corrected chi connectivity index (χ1v) is 6.20. The summed E-state index contributed by atoms with van der Waals surface area (Å²) in [5, 5.41) is 19.3. The number of ether oxygens (including phenoxy) is 1. The number of amides is 1. The zero-order chi connectivity index (χ0) is 16.1. The third-order valence-electron chi connectivity index (χ3n) is 2.73. The van der Waals surface area contributed by atoms with E-state index in [-0.39, 0.29) is 11.3 Å². The van der Waals surface area contributed by atoms with Crippen molar-refractivity contribution in [3.8, 4) is 11.5 Å². The van der Waals surface area contributed by atoms with Crippen LogP contribution in [0.15, 0.2) is 48.5 Å². The first kappa shape index (κ1) is 15.2. The van der Waals surface area contributed by atoms with Crippen molar-refractivity contribution in [3.63, 3.8) is 0 Å². The lowest BCUT2D eigenvalue weighted by molar-refractivity contribution is 0.0693. The van der Waals surface area contributed by atoms with Gasteiger partial charge in [-0.2, -0.15) is 0 Å². The van der Waals surface area contributed by atoms with Gasteiger partial charge in [0.15, 0.2) is 5.75 Å². The maximum atomic E-state index is 11.9. The Kier molecular flexibility index (Phi) is 4.47. The molecule has 2 aromatic rings. The molecule has 1 amide bonds. The Morgan fingerprint density at radius 3 is 2.36 bits per heavy atom. The van der Waals surface area contributed by atoms with E-state index in [1.807, 2.05) is 0 Å². The van der Waals surface area contributed by atoms with Crippen LogP contribution in [-0.4, -0.2) is 29.4 Å². The average molecular weight is 303 g/mol. The van der Waals surface area contributed by atoms with Crippen molar-refractivity contribution < 1.29 is 29.4 Å². The summed E-state index contributed by atoms with van der Waals surface area (Å²) >= 11 is 0. The van der Waals surface area contributed by atoms with Crippen LogP contribution in [0.5, 0.6) is 11.5 Å². The number of anilines is 1. The number of carboxylic acids is 1. The van der Waals surface area contributed by atoms with E-state index in [1.54, 1.807) is 30.3 Å². The minimum absolute atomic E-state index is 0.103. The lowest BCUT2D eigenvalue weighted by atomic mass is 10.2. The van der Waals surface area contributed by atoms with E-state index in [4.69, 9.17) is 9.94 Å². The van der Waals surface area contributed by atoms with Crippen molar-refractivity contribution >= 4 is 17.7 Å². The zero-order valence-corrected chi connectivity index (χ0v) is 11.6. The van der Waals surface area contributed by atoms with Gasteiger partial charge < -0.3 is 19.8 Å². The topological polar surface area (TPSA) is 96.3 Å². The van der Waals surface area contributed by atoms with Gasteiger partial charge in [-0.15, -0.1) is 5.06 Å². The van der Waals surface area contributed by atoms with Gasteiger partial charge in [0.25, 0.3) is 0 Å². The van der Waals surface area contributed by atoms with Crippen LogP contribution in [0.4, 0.5) is 10.5 Å². The fourth-order valence-corrected chi connectivity index (χ4v) is 1.69. The molecule has 0 aromatic heterocycles. The van der Waals surface area contributed by atoms with E-state index in [9.17, 15) is 14.7 Å². The molecule has 0 heterocycles. The summed E-state index contributed by atoms with van der Waals surface area (Å²) in [6.07, 6.45) is -0.842. The predicted octanol–water partition coefficient (Wildman–Crippen LogP) is 2.66. The summed E-state index contributed by atoms with van der Waals surface area (Å²) in [6, 6.07) is 12.0. The number of hydroxylamine groups is 1. The van der Waals surface area contributed by atoms with E-state index in [0.717, 1.165) is 17.2 Å². The van der Waals surface area contributed by atoms with Crippen LogP contribution in [0.2, 0.25) is 0 Å².